The molecule has 5 nitrogen and oxygen atoms in total. The summed E-state index contributed by atoms with van der Waals surface area (Å²) in [5.41, 5.74) is -0.575. The van der Waals surface area contributed by atoms with Gasteiger partial charge >= 0.3 is 12.0 Å². The van der Waals surface area contributed by atoms with Gasteiger partial charge in [-0.3, -0.25) is 10.1 Å². The second-order valence-corrected chi connectivity index (χ2v) is 2.84. The summed E-state index contributed by atoms with van der Waals surface area (Å²) in [4.78, 5) is 9.76. The van der Waals surface area contributed by atoms with Crippen LogP contribution in [0.2, 0.25) is 0 Å². The van der Waals surface area contributed by atoms with E-state index in [1.54, 1.807) is 0 Å². The van der Waals surface area contributed by atoms with Crippen molar-refractivity contribution in [3.8, 4) is 11.5 Å². The molecule has 1 aromatic rings. The van der Waals surface area contributed by atoms with Gasteiger partial charge in [0, 0.05) is 6.07 Å². The molecule has 0 aliphatic heterocycles. The maximum atomic E-state index is 12.0. The number of halogens is 3. The normalized spacial score (nSPS) is 11.1. The lowest BCUT2D eigenvalue weighted by atomic mass is 10.3. The Morgan fingerprint density at radius 3 is 2.53 bits per heavy atom. The fourth-order valence-corrected chi connectivity index (χ4v) is 1.14. The molecule has 0 radical (unpaired) electrons. The van der Waals surface area contributed by atoms with Crippen LogP contribution in [0.4, 0.5) is 18.9 Å². The lowest BCUT2D eigenvalue weighted by Gasteiger charge is -2.12. The van der Waals surface area contributed by atoms with Crippen LogP contribution >= 0.6 is 0 Å². The van der Waals surface area contributed by atoms with E-state index < -0.39 is 28.5 Å². The highest BCUT2D eigenvalue weighted by molar-refractivity contribution is 5.55. The van der Waals surface area contributed by atoms with Crippen LogP contribution < -0.4 is 9.47 Å². The summed E-state index contributed by atoms with van der Waals surface area (Å²) in [6, 6.07) is 3.07. The maximum absolute atomic E-state index is 12.0. The van der Waals surface area contributed by atoms with E-state index in [1.165, 1.54) is 6.92 Å². The van der Waals surface area contributed by atoms with Gasteiger partial charge in [-0.05, 0) is 13.0 Å². The van der Waals surface area contributed by atoms with Crippen LogP contribution in [0.25, 0.3) is 0 Å². The predicted molar refractivity (Wildman–Crippen MR) is 50.9 cm³/mol. The second kappa shape index (κ2) is 4.89. The van der Waals surface area contributed by atoms with Crippen LogP contribution in [0.5, 0.6) is 11.5 Å². The molecule has 0 atom stereocenters. The Hall–Kier alpha value is -1.99. The van der Waals surface area contributed by atoms with Crippen molar-refractivity contribution in [3.63, 3.8) is 0 Å². The molecule has 0 fully saturated rings. The van der Waals surface area contributed by atoms with Crippen molar-refractivity contribution in [2.75, 3.05) is 6.61 Å². The average molecular weight is 251 g/mol. The van der Waals surface area contributed by atoms with Crippen molar-refractivity contribution < 1.29 is 27.6 Å². The van der Waals surface area contributed by atoms with Crippen LogP contribution in [-0.4, -0.2) is 17.9 Å². The fourth-order valence-electron chi connectivity index (χ4n) is 1.14. The van der Waals surface area contributed by atoms with E-state index >= 15 is 0 Å². The van der Waals surface area contributed by atoms with Gasteiger partial charge in [0.25, 0.3) is 0 Å². The molecule has 17 heavy (non-hydrogen) atoms. The number of hydrogen-bond acceptors (Lipinski definition) is 4. The minimum Gasteiger partial charge on any atom is -0.485 e. The average Bonchev–Trinajstić information content (AvgIpc) is 2.18. The molecule has 0 spiro atoms. The predicted octanol–water partition coefficient (Wildman–Crippen LogP) is 2.89. The molecular formula is C9H8F3NO4. The molecule has 0 N–H and O–H groups in total. The molecule has 0 aliphatic carbocycles. The summed E-state index contributed by atoms with van der Waals surface area (Å²) >= 11 is 0. The van der Waals surface area contributed by atoms with Crippen molar-refractivity contribution in [2.24, 2.45) is 0 Å². The molecule has 0 amide bonds. The quantitative estimate of drug-likeness (QED) is 0.609. The molecular weight excluding hydrogens is 243 g/mol. The molecule has 0 aliphatic rings. The third-order valence-corrected chi connectivity index (χ3v) is 1.67. The van der Waals surface area contributed by atoms with E-state index in [1.807, 2.05) is 0 Å². The Morgan fingerprint density at radius 2 is 2.06 bits per heavy atom. The monoisotopic (exact) mass is 251 g/mol. The first-order valence-corrected chi connectivity index (χ1v) is 4.51. The highest BCUT2D eigenvalue weighted by Crippen LogP contribution is 2.39. The summed E-state index contributed by atoms with van der Waals surface area (Å²) in [6.07, 6.45) is -4.93. The standard InChI is InChI=1S/C9H8F3NO4/c1-2-16-8-6(13(14)15)4-3-5-7(8)17-9(10,11)12/h3-5H,2H2,1H3. The summed E-state index contributed by atoms with van der Waals surface area (Å²) < 4.78 is 44.6. The molecule has 0 saturated carbocycles. The molecule has 8 heteroatoms. The molecule has 0 saturated heterocycles. The van der Waals surface area contributed by atoms with Gasteiger partial charge in [-0.2, -0.15) is 0 Å². The number of alkyl halides is 3. The van der Waals surface area contributed by atoms with Crippen molar-refractivity contribution in [2.45, 2.75) is 13.3 Å². The Bertz CT molecular complexity index is 419. The van der Waals surface area contributed by atoms with Gasteiger partial charge in [0.2, 0.25) is 5.75 Å². The zero-order chi connectivity index (χ0) is 13.1. The summed E-state index contributed by atoms with van der Waals surface area (Å²) in [5.74, 6) is -1.26. The minimum atomic E-state index is -4.93. The molecule has 0 bridgehead atoms. The van der Waals surface area contributed by atoms with Crippen LogP contribution in [0.3, 0.4) is 0 Å². The van der Waals surface area contributed by atoms with Crippen LogP contribution in [0.1, 0.15) is 6.92 Å². The van der Waals surface area contributed by atoms with E-state index in [-0.39, 0.29) is 6.61 Å². The van der Waals surface area contributed by atoms with Crippen molar-refractivity contribution in [3.05, 3.63) is 28.3 Å². The first kappa shape index (κ1) is 13.1. The third-order valence-electron chi connectivity index (χ3n) is 1.67. The highest BCUT2D eigenvalue weighted by atomic mass is 19.4. The van der Waals surface area contributed by atoms with Gasteiger partial charge in [-0.25, -0.2) is 0 Å². The Balaban J connectivity index is 3.20. The van der Waals surface area contributed by atoms with Gasteiger partial charge in [0.15, 0.2) is 5.75 Å². The molecule has 94 valence electrons. The fraction of sp³-hybridized carbons (Fsp3) is 0.333. The molecule has 0 unspecified atom stereocenters. The molecule has 1 rings (SSSR count). The van der Waals surface area contributed by atoms with Crippen LogP contribution in [0.15, 0.2) is 18.2 Å². The first-order valence-electron chi connectivity index (χ1n) is 4.51. The Labute approximate surface area is 93.9 Å². The van der Waals surface area contributed by atoms with E-state index in [4.69, 9.17) is 4.74 Å². The number of nitrogens with zero attached hydrogens (tertiary/aromatic N) is 1. The third kappa shape index (κ3) is 3.51. The smallest absolute Gasteiger partial charge is 0.485 e. The first-order chi connectivity index (χ1) is 7.85. The molecule has 0 heterocycles. The lowest BCUT2D eigenvalue weighted by Crippen LogP contribution is -2.18. The topological polar surface area (TPSA) is 61.6 Å². The van der Waals surface area contributed by atoms with Crippen molar-refractivity contribution >= 4 is 5.69 Å². The Morgan fingerprint density at radius 1 is 1.41 bits per heavy atom. The second-order valence-electron chi connectivity index (χ2n) is 2.84. The van der Waals surface area contributed by atoms with E-state index in [0.717, 1.165) is 18.2 Å². The van der Waals surface area contributed by atoms with Crippen molar-refractivity contribution in [1.29, 1.82) is 0 Å². The summed E-state index contributed by atoms with van der Waals surface area (Å²) in [7, 11) is 0. The van der Waals surface area contributed by atoms with Gasteiger partial charge in [-0.15, -0.1) is 13.2 Å². The van der Waals surface area contributed by atoms with Crippen molar-refractivity contribution in [1.82, 2.24) is 0 Å². The Kier molecular flexibility index (Phi) is 3.77. The number of para-hydroxylation sites is 1. The largest absolute Gasteiger partial charge is 0.573 e. The van der Waals surface area contributed by atoms with Crippen LogP contribution in [-0.2, 0) is 0 Å². The number of nitro benzene ring substituents is 1. The van der Waals surface area contributed by atoms with E-state index in [9.17, 15) is 23.3 Å². The zero-order valence-electron chi connectivity index (χ0n) is 8.65. The van der Waals surface area contributed by atoms with Gasteiger partial charge in [-0.1, -0.05) is 6.07 Å². The van der Waals surface area contributed by atoms with E-state index in [0.29, 0.717) is 0 Å². The van der Waals surface area contributed by atoms with Gasteiger partial charge in [0.1, 0.15) is 0 Å². The lowest BCUT2D eigenvalue weighted by molar-refractivity contribution is -0.386. The highest BCUT2D eigenvalue weighted by Gasteiger charge is 2.34. The molecule has 1 aromatic carbocycles. The number of benzene rings is 1. The molecule has 0 aromatic heterocycles. The maximum Gasteiger partial charge on any atom is 0.573 e. The summed E-state index contributed by atoms with van der Waals surface area (Å²) in [6.45, 7) is 1.48. The van der Waals surface area contributed by atoms with Gasteiger partial charge < -0.3 is 9.47 Å². The SMILES string of the molecule is CCOc1c(OC(F)(F)F)cccc1[N+](=O)[O-]. The van der Waals surface area contributed by atoms with Crippen LogP contribution in [0, 0.1) is 10.1 Å². The number of nitro groups is 1. The number of rotatable bonds is 4. The number of ether oxygens (including phenoxy) is 2. The number of hydrogen-bond donors (Lipinski definition) is 0. The summed E-state index contributed by atoms with van der Waals surface area (Å²) in [5, 5.41) is 10.6. The van der Waals surface area contributed by atoms with E-state index in [2.05, 4.69) is 4.74 Å². The minimum absolute atomic E-state index is 0.0148. The zero-order valence-corrected chi connectivity index (χ0v) is 8.65. The van der Waals surface area contributed by atoms with Gasteiger partial charge in [0.05, 0.1) is 11.5 Å².